The van der Waals surface area contributed by atoms with Gasteiger partial charge in [-0.3, -0.25) is 4.79 Å². The van der Waals surface area contributed by atoms with Gasteiger partial charge in [0.15, 0.2) is 31.5 Å². The minimum atomic E-state index is -0.429. The molecule has 2 atom stereocenters. The highest BCUT2D eigenvalue weighted by Crippen LogP contribution is 2.33. The van der Waals surface area contributed by atoms with Crippen molar-refractivity contribution in [1.29, 1.82) is 0 Å². The number of aromatic nitrogens is 4. The standard InChI is InChI=1S/C16H21BrN4O6/c1-10(23-3)25-8-21-16(18-19-20-21)12-5-13(7-22)15(14(17)6-12)27-9-26-11(2)24-4/h5-7,10-11H,8-9H2,1-4H3. The fourth-order valence-electron chi connectivity index (χ4n) is 1.98. The van der Waals surface area contributed by atoms with Gasteiger partial charge in [-0.15, -0.1) is 5.10 Å². The SMILES string of the molecule is COC(C)OCOc1c(Br)cc(-c2nnnn2COC(C)OC)cc1C=O. The van der Waals surface area contributed by atoms with Crippen LogP contribution in [0.25, 0.3) is 11.4 Å². The van der Waals surface area contributed by atoms with Gasteiger partial charge in [0.05, 0.1) is 10.0 Å². The minimum absolute atomic E-state index is 0.0751. The van der Waals surface area contributed by atoms with E-state index in [4.69, 9.17) is 23.7 Å². The molecular formula is C16H21BrN4O6. The fraction of sp³-hybridized carbons (Fsp3) is 0.500. The van der Waals surface area contributed by atoms with Crippen LogP contribution in [0.5, 0.6) is 5.75 Å². The number of hydrogen-bond donors (Lipinski definition) is 0. The zero-order valence-electron chi connectivity index (χ0n) is 15.4. The van der Waals surface area contributed by atoms with Crippen molar-refractivity contribution in [2.24, 2.45) is 0 Å². The van der Waals surface area contributed by atoms with Crippen molar-refractivity contribution in [2.75, 3.05) is 21.0 Å². The number of methoxy groups -OCH3 is 2. The van der Waals surface area contributed by atoms with E-state index in [1.54, 1.807) is 26.0 Å². The number of aldehydes is 1. The zero-order valence-corrected chi connectivity index (χ0v) is 17.0. The van der Waals surface area contributed by atoms with Crippen LogP contribution in [0.15, 0.2) is 16.6 Å². The second kappa shape index (κ2) is 10.4. The molecule has 2 aromatic rings. The maximum Gasteiger partial charge on any atom is 0.192 e. The number of tetrazole rings is 1. The molecule has 0 aliphatic heterocycles. The van der Waals surface area contributed by atoms with Gasteiger partial charge >= 0.3 is 0 Å². The van der Waals surface area contributed by atoms with E-state index >= 15 is 0 Å². The summed E-state index contributed by atoms with van der Waals surface area (Å²) in [5.74, 6) is 0.776. The molecule has 0 bridgehead atoms. The second-order valence-electron chi connectivity index (χ2n) is 5.33. The number of carbonyl (C=O) groups is 1. The molecule has 1 heterocycles. The lowest BCUT2D eigenvalue weighted by Gasteiger charge is -2.15. The molecule has 0 N–H and O–H groups in total. The molecule has 10 nitrogen and oxygen atoms in total. The Bertz CT molecular complexity index is 757. The van der Waals surface area contributed by atoms with Crippen molar-refractivity contribution in [2.45, 2.75) is 33.2 Å². The molecule has 0 amide bonds. The highest BCUT2D eigenvalue weighted by Gasteiger charge is 2.17. The Balaban J connectivity index is 2.21. The van der Waals surface area contributed by atoms with E-state index in [9.17, 15) is 4.79 Å². The number of hydrogen-bond acceptors (Lipinski definition) is 9. The molecule has 0 aliphatic carbocycles. The van der Waals surface area contributed by atoms with Crippen LogP contribution in [0.1, 0.15) is 24.2 Å². The van der Waals surface area contributed by atoms with Crippen LogP contribution in [-0.2, 0) is 25.7 Å². The Kier molecular flexibility index (Phi) is 8.25. The monoisotopic (exact) mass is 444 g/mol. The van der Waals surface area contributed by atoms with Gasteiger partial charge in [-0.1, -0.05) is 0 Å². The Morgan fingerprint density at radius 1 is 1.19 bits per heavy atom. The van der Waals surface area contributed by atoms with Crippen LogP contribution in [0.3, 0.4) is 0 Å². The third-order valence-electron chi connectivity index (χ3n) is 3.59. The summed E-state index contributed by atoms with van der Waals surface area (Å²) in [6.45, 7) is 3.50. The quantitative estimate of drug-likeness (QED) is 0.380. The van der Waals surface area contributed by atoms with Crippen LogP contribution in [0.4, 0.5) is 0 Å². The molecule has 0 fully saturated rings. The number of halogens is 1. The normalized spacial score (nSPS) is 13.4. The average Bonchev–Trinajstić information content (AvgIpc) is 3.15. The lowest BCUT2D eigenvalue weighted by Crippen LogP contribution is -2.15. The maximum absolute atomic E-state index is 11.5. The molecule has 27 heavy (non-hydrogen) atoms. The van der Waals surface area contributed by atoms with Gasteiger partial charge in [-0.05, 0) is 52.3 Å². The number of nitrogens with zero attached hydrogens (tertiary/aromatic N) is 4. The van der Waals surface area contributed by atoms with Gasteiger partial charge < -0.3 is 23.7 Å². The van der Waals surface area contributed by atoms with E-state index in [1.165, 1.54) is 18.9 Å². The molecule has 2 rings (SSSR count). The van der Waals surface area contributed by atoms with Gasteiger partial charge in [-0.2, -0.15) is 4.68 Å². The molecule has 0 spiro atoms. The molecule has 0 radical (unpaired) electrons. The summed E-state index contributed by atoms with van der Waals surface area (Å²) >= 11 is 3.41. The fourth-order valence-corrected chi connectivity index (χ4v) is 2.57. The van der Waals surface area contributed by atoms with E-state index in [1.807, 2.05) is 0 Å². The van der Waals surface area contributed by atoms with Crippen molar-refractivity contribution in [1.82, 2.24) is 20.2 Å². The summed E-state index contributed by atoms with van der Waals surface area (Å²) in [7, 11) is 3.06. The van der Waals surface area contributed by atoms with Gasteiger partial charge in [0, 0.05) is 19.8 Å². The summed E-state index contributed by atoms with van der Waals surface area (Å²) < 4.78 is 28.3. The van der Waals surface area contributed by atoms with Crippen LogP contribution in [0.2, 0.25) is 0 Å². The van der Waals surface area contributed by atoms with Crippen LogP contribution in [0, 0.1) is 0 Å². The van der Waals surface area contributed by atoms with Crippen LogP contribution < -0.4 is 4.74 Å². The topological polar surface area (TPSA) is 107 Å². The Hall–Kier alpha value is -1.92. The van der Waals surface area contributed by atoms with Crippen LogP contribution >= 0.6 is 15.9 Å². The van der Waals surface area contributed by atoms with Gasteiger partial charge in [0.25, 0.3) is 0 Å². The number of ether oxygens (including phenoxy) is 5. The summed E-state index contributed by atoms with van der Waals surface area (Å²) in [4.78, 5) is 11.5. The van der Waals surface area contributed by atoms with Crippen molar-refractivity contribution < 1.29 is 28.5 Å². The van der Waals surface area contributed by atoms with E-state index in [0.717, 1.165) is 0 Å². The minimum Gasteiger partial charge on any atom is -0.465 e. The lowest BCUT2D eigenvalue weighted by molar-refractivity contribution is -0.149. The van der Waals surface area contributed by atoms with E-state index in [2.05, 4.69) is 31.5 Å². The first-order chi connectivity index (χ1) is 13.0. The third-order valence-corrected chi connectivity index (χ3v) is 4.18. The van der Waals surface area contributed by atoms with Crippen molar-refractivity contribution >= 4 is 22.2 Å². The van der Waals surface area contributed by atoms with Crippen LogP contribution in [-0.4, -0.2) is 60.1 Å². The molecule has 1 aromatic carbocycles. The van der Waals surface area contributed by atoms with Gasteiger partial charge in [-0.25, -0.2) is 0 Å². The Morgan fingerprint density at radius 2 is 1.89 bits per heavy atom. The summed E-state index contributed by atoms with van der Waals surface area (Å²) in [6.07, 6.45) is -0.160. The first-order valence-corrected chi connectivity index (χ1v) is 8.76. The molecule has 11 heteroatoms. The molecule has 148 valence electrons. The Morgan fingerprint density at radius 3 is 2.56 bits per heavy atom. The summed E-state index contributed by atoms with van der Waals surface area (Å²) in [5.41, 5.74) is 0.926. The zero-order chi connectivity index (χ0) is 19.8. The lowest BCUT2D eigenvalue weighted by atomic mass is 10.1. The van der Waals surface area contributed by atoms with E-state index in [-0.39, 0.29) is 13.5 Å². The Labute approximate surface area is 164 Å². The highest BCUT2D eigenvalue weighted by atomic mass is 79.9. The highest BCUT2D eigenvalue weighted by molar-refractivity contribution is 9.10. The number of carbonyl (C=O) groups excluding carboxylic acids is 1. The molecule has 1 aromatic heterocycles. The van der Waals surface area contributed by atoms with Crippen molar-refractivity contribution in [3.8, 4) is 17.1 Å². The van der Waals surface area contributed by atoms with Crippen molar-refractivity contribution in [3.63, 3.8) is 0 Å². The smallest absolute Gasteiger partial charge is 0.192 e. The third kappa shape index (κ3) is 5.78. The first-order valence-electron chi connectivity index (χ1n) is 7.97. The summed E-state index contributed by atoms with van der Waals surface area (Å²) in [5, 5.41) is 11.5. The molecule has 0 saturated heterocycles. The molecule has 2 unspecified atom stereocenters. The van der Waals surface area contributed by atoms with E-state index < -0.39 is 12.6 Å². The number of rotatable bonds is 11. The van der Waals surface area contributed by atoms with Gasteiger partial charge in [0.2, 0.25) is 0 Å². The van der Waals surface area contributed by atoms with E-state index in [0.29, 0.717) is 33.5 Å². The maximum atomic E-state index is 11.5. The first kappa shape index (κ1) is 21.4. The average molecular weight is 445 g/mol. The second-order valence-corrected chi connectivity index (χ2v) is 6.18. The summed E-state index contributed by atoms with van der Waals surface area (Å²) in [6, 6.07) is 3.36. The van der Waals surface area contributed by atoms with Crippen molar-refractivity contribution in [3.05, 3.63) is 22.2 Å². The number of benzene rings is 1. The molecule has 0 aliphatic rings. The molecular weight excluding hydrogens is 424 g/mol. The molecule has 0 saturated carbocycles. The predicted octanol–water partition coefficient (Wildman–Crippen LogP) is 2.23. The predicted molar refractivity (Wildman–Crippen MR) is 96.9 cm³/mol. The van der Waals surface area contributed by atoms with Gasteiger partial charge in [0.1, 0.15) is 12.5 Å². The largest absolute Gasteiger partial charge is 0.465 e.